The molecule has 0 aliphatic rings. The zero-order valence-corrected chi connectivity index (χ0v) is 18.9. The van der Waals surface area contributed by atoms with Gasteiger partial charge in [0, 0.05) is 12.2 Å². The number of hydrogen-bond donors (Lipinski definition) is 3. The molecule has 0 fully saturated rings. The zero-order chi connectivity index (χ0) is 23.3. The summed E-state index contributed by atoms with van der Waals surface area (Å²) in [5, 5.41) is 13.0. The summed E-state index contributed by atoms with van der Waals surface area (Å²) in [6.45, 7) is -0.0657. The third-order valence-electron chi connectivity index (χ3n) is 4.50. The normalized spacial score (nSPS) is 12.2. The van der Waals surface area contributed by atoms with Crippen LogP contribution in [-0.2, 0) is 21.2 Å². The lowest BCUT2D eigenvalue weighted by Gasteiger charge is -2.13. The largest absolute Gasteiger partial charge is 0.387 e. The predicted molar refractivity (Wildman–Crippen MR) is 122 cm³/mol. The number of halogens is 3. The Morgan fingerprint density at radius 1 is 1.00 bits per heavy atom. The fraction of sp³-hybridized carbons (Fsp3) is 0.136. The first-order chi connectivity index (χ1) is 15.1. The molecule has 3 aromatic carbocycles. The molecule has 6 nitrogen and oxygen atoms in total. The van der Waals surface area contributed by atoms with Crippen LogP contribution in [0.5, 0.6) is 0 Å². The van der Waals surface area contributed by atoms with Gasteiger partial charge in [0.05, 0.1) is 27.5 Å². The molecule has 0 aromatic heterocycles. The van der Waals surface area contributed by atoms with Crippen LogP contribution in [0, 0.1) is 5.82 Å². The first-order valence-corrected chi connectivity index (χ1v) is 11.6. The van der Waals surface area contributed by atoms with E-state index in [1.165, 1.54) is 48.5 Å². The van der Waals surface area contributed by atoms with Crippen LogP contribution in [0.2, 0.25) is 10.0 Å². The number of aliphatic hydroxyl groups is 1. The van der Waals surface area contributed by atoms with E-state index >= 15 is 0 Å². The highest BCUT2D eigenvalue weighted by molar-refractivity contribution is 7.92. The number of amides is 1. The molecular weight excluding hydrogens is 478 g/mol. The molecular formula is C22H19Cl2FN2O4S. The number of aliphatic hydroxyl groups excluding tert-OH is 1. The molecule has 0 saturated heterocycles. The van der Waals surface area contributed by atoms with Crippen LogP contribution in [0.3, 0.4) is 0 Å². The van der Waals surface area contributed by atoms with E-state index < -0.39 is 21.9 Å². The van der Waals surface area contributed by atoms with Gasteiger partial charge < -0.3 is 10.4 Å². The summed E-state index contributed by atoms with van der Waals surface area (Å²) in [6.07, 6.45) is -1.01. The lowest BCUT2D eigenvalue weighted by Crippen LogP contribution is -2.29. The average molecular weight is 497 g/mol. The monoisotopic (exact) mass is 496 g/mol. The molecule has 3 N–H and O–H groups in total. The van der Waals surface area contributed by atoms with E-state index in [-0.39, 0.29) is 33.8 Å². The Morgan fingerprint density at radius 2 is 1.72 bits per heavy atom. The van der Waals surface area contributed by atoms with Crippen LogP contribution in [0.25, 0.3) is 0 Å². The molecule has 10 heteroatoms. The SMILES string of the molecule is O=C(Cc1ccc(NS(=O)(=O)c2ccc(Cl)c(Cl)c2)cc1)NCC(O)c1cccc(F)c1. The lowest BCUT2D eigenvalue weighted by atomic mass is 10.1. The summed E-state index contributed by atoms with van der Waals surface area (Å²) in [7, 11) is -3.86. The Labute approximate surface area is 195 Å². The summed E-state index contributed by atoms with van der Waals surface area (Å²) in [5.41, 5.74) is 1.31. The van der Waals surface area contributed by atoms with E-state index in [9.17, 15) is 22.7 Å². The van der Waals surface area contributed by atoms with Gasteiger partial charge >= 0.3 is 0 Å². The van der Waals surface area contributed by atoms with E-state index in [0.29, 0.717) is 16.8 Å². The number of rotatable bonds is 8. The van der Waals surface area contributed by atoms with Crippen LogP contribution < -0.4 is 10.0 Å². The molecule has 0 bridgehead atoms. The van der Waals surface area contributed by atoms with Gasteiger partial charge in [-0.05, 0) is 53.6 Å². The van der Waals surface area contributed by atoms with E-state index in [0.717, 1.165) is 0 Å². The molecule has 1 amide bonds. The van der Waals surface area contributed by atoms with Crippen molar-refractivity contribution in [2.24, 2.45) is 0 Å². The Balaban J connectivity index is 1.56. The Morgan fingerprint density at radius 3 is 2.38 bits per heavy atom. The third-order valence-corrected chi connectivity index (χ3v) is 6.62. The molecule has 32 heavy (non-hydrogen) atoms. The van der Waals surface area contributed by atoms with Gasteiger partial charge in [0.2, 0.25) is 5.91 Å². The fourth-order valence-electron chi connectivity index (χ4n) is 2.84. The van der Waals surface area contributed by atoms with Gasteiger partial charge in [0.25, 0.3) is 10.0 Å². The maximum Gasteiger partial charge on any atom is 0.261 e. The minimum Gasteiger partial charge on any atom is -0.387 e. The highest BCUT2D eigenvalue weighted by Gasteiger charge is 2.16. The number of carbonyl (C=O) groups is 1. The summed E-state index contributed by atoms with van der Waals surface area (Å²) >= 11 is 11.7. The van der Waals surface area contributed by atoms with Crippen LogP contribution in [0.4, 0.5) is 10.1 Å². The van der Waals surface area contributed by atoms with Crippen molar-refractivity contribution in [3.63, 3.8) is 0 Å². The van der Waals surface area contributed by atoms with Gasteiger partial charge in [-0.3, -0.25) is 9.52 Å². The van der Waals surface area contributed by atoms with Crippen molar-refractivity contribution in [1.29, 1.82) is 0 Å². The van der Waals surface area contributed by atoms with Crippen LogP contribution in [0.1, 0.15) is 17.2 Å². The average Bonchev–Trinajstić information content (AvgIpc) is 2.75. The van der Waals surface area contributed by atoms with Crippen molar-refractivity contribution in [3.05, 3.63) is 93.7 Å². The minimum atomic E-state index is -3.86. The van der Waals surface area contributed by atoms with E-state index in [2.05, 4.69) is 10.0 Å². The quantitative estimate of drug-likeness (QED) is 0.432. The number of carbonyl (C=O) groups excluding carboxylic acids is 1. The molecule has 3 aromatic rings. The zero-order valence-electron chi connectivity index (χ0n) is 16.6. The van der Waals surface area contributed by atoms with Crippen molar-refractivity contribution in [1.82, 2.24) is 5.32 Å². The van der Waals surface area contributed by atoms with Crippen LogP contribution >= 0.6 is 23.2 Å². The number of hydrogen-bond acceptors (Lipinski definition) is 4. The van der Waals surface area contributed by atoms with Crippen molar-refractivity contribution in [2.45, 2.75) is 17.4 Å². The lowest BCUT2D eigenvalue weighted by molar-refractivity contribution is -0.120. The second-order valence-electron chi connectivity index (χ2n) is 6.93. The molecule has 1 unspecified atom stereocenters. The van der Waals surface area contributed by atoms with Crippen LogP contribution in [-0.4, -0.2) is 26.0 Å². The smallest absolute Gasteiger partial charge is 0.261 e. The molecule has 1 atom stereocenters. The molecule has 0 spiro atoms. The van der Waals surface area contributed by atoms with Gasteiger partial charge in [-0.2, -0.15) is 0 Å². The van der Waals surface area contributed by atoms with Gasteiger partial charge in [-0.15, -0.1) is 0 Å². The van der Waals surface area contributed by atoms with E-state index in [1.54, 1.807) is 18.2 Å². The van der Waals surface area contributed by atoms with Gasteiger partial charge in [0.15, 0.2) is 0 Å². The number of sulfonamides is 1. The van der Waals surface area contributed by atoms with Crippen molar-refractivity contribution in [2.75, 3.05) is 11.3 Å². The molecule has 0 aliphatic carbocycles. The fourth-order valence-corrected chi connectivity index (χ4v) is 4.29. The molecule has 0 aliphatic heterocycles. The predicted octanol–water partition coefficient (Wildman–Crippen LogP) is 4.33. The Hall–Kier alpha value is -2.65. The van der Waals surface area contributed by atoms with E-state index in [1.807, 2.05) is 0 Å². The number of anilines is 1. The maximum absolute atomic E-state index is 13.2. The standard InChI is InChI=1S/C22H19Cl2FN2O4S/c23-19-9-8-18(12-20(19)24)32(30,31)27-17-6-4-14(5-7-17)10-22(29)26-13-21(28)15-2-1-3-16(25)11-15/h1-9,11-12,21,27-28H,10,13H2,(H,26,29). The van der Waals surface area contributed by atoms with Gasteiger partial charge in [0.1, 0.15) is 5.82 Å². The molecule has 0 saturated carbocycles. The molecule has 0 radical (unpaired) electrons. The molecule has 0 heterocycles. The van der Waals surface area contributed by atoms with Crippen molar-refractivity contribution < 1.29 is 22.7 Å². The second kappa shape index (κ2) is 10.3. The molecule has 168 valence electrons. The second-order valence-corrected chi connectivity index (χ2v) is 9.43. The van der Waals surface area contributed by atoms with Crippen molar-refractivity contribution in [3.8, 4) is 0 Å². The molecule has 3 rings (SSSR count). The highest BCUT2D eigenvalue weighted by atomic mass is 35.5. The summed E-state index contributed by atoms with van der Waals surface area (Å²) in [4.78, 5) is 12.1. The number of benzene rings is 3. The van der Waals surface area contributed by atoms with Gasteiger partial charge in [-0.25, -0.2) is 12.8 Å². The van der Waals surface area contributed by atoms with Gasteiger partial charge in [-0.1, -0.05) is 47.5 Å². The minimum absolute atomic E-state index is 0.0235. The highest BCUT2D eigenvalue weighted by Crippen LogP contribution is 2.26. The van der Waals surface area contributed by atoms with Crippen molar-refractivity contribution >= 4 is 44.8 Å². The Kier molecular flexibility index (Phi) is 7.73. The first kappa shape index (κ1) is 24.0. The summed E-state index contributed by atoms with van der Waals surface area (Å²) < 4.78 is 40.6. The maximum atomic E-state index is 13.2. The first-order valence-electron chi connectivity index (χ1n) is 9.41. The van der Waals surface area contributed by atoms with E-state index in [4.69, 9.17) is 23.2 Å². The summed E-state index contributed by atoms with van der Waals surface area (Å²) in [6, 6.07) is 15.8. The Bertz CT molecular complexity index is 1220. The topological polar surface area (TPSA) is 95.5 Å². The van der Waals surface area contributed by atoms with Crippen LogP contribution in [0.15, 0.2) is 71.6 Å². The summed E-state index contributed by atoms with van der Waals surface area (Å²) in [5.74, 6) is -0.813. The number of nitrogens with one attached hydrogen (secondary N) is 2. The third kappa shape index (κ3) is 6.43.